The third kappa shape index (κ3) is 5.31. The van der Waals surface area contributed by atoms with E-state index in [1.54, 1.807) is 11.5 Å². The molecule has 3 heterocycles. The molecule has 1 aliphatic heterocycles. The van der Waals surface area contributed by atoms with Gasteiger partial charge in [0.05, 0.1) is 6.54 Å². The van der Waals surface area contributed by atoms with E-state index >= 15 is 0 Å². The summed E-state index contributed by atoms with van der Waals surface area (Å²) in [5.74, 6) is 3.87. The largest absolute Gasteiger partial charge is 0.490 e. The Morgan fingerprint density at radius 1 is 1.22 bits per heavy atom. The van der Waals surface area contributed by atoms with Gasteiger partial charge in [-0.25, -0.2) is 9.59 Å². The fraction of sp³-hybridized carbons (Fsp3) is 0.579. The number of halogens is 3. The number of aryl methyl sites for hydroxylation is 1. The van der Waals surface area contributed by atoms with Gasteiger partial charge in [0.1, 0.15) is 0 Å². The van der Waals surface area contributed by atoms with Gasteiger partial charge in [0.2, 0.25) is 5.95 Å². The van der Waals surface area contributed by atoms with E-state index < -0.39 is 12.1 Å². The van der Waals surface area contributed by atoms with Crippen LogP contribution in [0.1, 0.15) is 20.3 Å². The molecule has 0 radical (unpaired) electrons. The highest BCUT2D eigenvalue weighted by molar-refractivity contribution is 5.75. The summed E-state index contributed by atoms with van der Waals surface area (Å²) in [6.45, 7) is 8.02. The first-order chi connectivity index (χ1) is 15.0. The smallest absolute Gasteiger partial charge is 0.475 e. The van der Waals surface area contributed by atoms with Crippen molar-refractivity contribution in [2.24, 2.45) is 7.05 Å². The van der Waals surface area contributed by atoms with Crippen molar-refractivity contribution < 1.29 is 23.1 Å². The number of carbonyl (C=O) groups is 1. The normalized spacial score (nSPS) is 13.9. The summed E-state index contributed by atoms with van der Waals surface area (Å²) >= 11 is 0. The molecule has 32 heavy (non-hydrogen) atoms. The Morgan fingerprint density at radius 2 is 1.81 bits per heavy atom. The third-order valence-corrected chi connectivity index (χ3v) is 4.71. The van der Waals surface area contributed by atoms with Gasteiger partial charge in [-0.2, -0.15) is 18.2 Å². The van der Waals surface area contributed by atoms with E-state index in [9.17, 15) is 22.8 Å². The van der Waals surface area contributed by atoms with Crippen LogP contribution in [0.4, 0.5) is 19.1 Å². The average Bonchev–Trinajstić information content (AvgIpc) is 3.13. The number of carboxylic acids is 1. The summed E-state index contributed by atoms with van der Waals surface area (Å²) in [4.78, 5) is 41.1. The third-order valence-electron chi connectivity index (χ3n) is 4.71. The maximum atomic E-state index is 12.8. The van der Waals surface area contributed by atoms with E-state index in [1.807, 2.05) is 11.5 Å². The molecule has 1 aliphatic rings. The first-order valence-corrected chi connectivity index (χ1v) is 9.90. The molecule has 0 atom stereocenters. The number of fused-ring (bicyclic) bond motifs is 1. The highest BCUT2D eigenvalue weighted by atomic mass is 19.4. The Labute approximate surface area is 181 Å². The molecule has 3 rings (SSSR count). The Morgan fingerprint density at radius 3 is 2.31 bits per heavy atom. The van der Waals surface area contributed by atoms with Gasteiger partial charge >= 0.3 is 17.8 Å². The van der Waals surface area contributed by atoms with Crippen LogP contribution < -0.4 is 21.5 Å². The number of hydrogen-bond donors (Lipinski definition) is 2. The second kappa shape index (κ2) is 10.4. The van der Waals surface area contributed by atoms with Crippen molar-refractivity contribution in [2.75, 3.05) is 31.1 Å². The fourth-order valence-corrected chi connectivity index (χ4v) is 3.18. The molecule has 2 N–H and O–H groups in total. The SMILES string of the molecule is CC#CCn1c(N2CCNCC2)nc2c1c(=O)n(C)c(=O)n2CCC.O=C(O)C(F)(F)F. The number of aliphatic carboxylic acids is 1. The van der Waals surface area contributed by atoms with Crippen molar-refractivity contribution in [1.29, 1.82) is 0 Å². The predicted molar refractivity (Wildman–Crippen MR) is 112 cm³/mol. The van der Waals surface area contributed by atoms with Crippen molar-refractivity contribution in [3.8, 4) is 11.8 Å². The molecule has 1 saturated heterocycles. The lowest BCUT2D eigenvalue weighted by molar-refractivity contribution is -0.192. The molecule has 0 bridgehead atoms. The monoisotopic (exact) mass is 458 g/mol. The number of alkyl halides is 3. The number of nitrogens with one attached hydrogen (secondary N) is 1. The zero-order valence-electron chi connectivity index (χ0n) is 18.0. The molecule has 0 aliphatic carbocycles. The lowest BCUT2D eigenvalue weighted by atomic mass is 10.4. The standard InChI is InChI=1S/C17H24N6O2.C2HF3O2/c1-4-6-10-22-13-14(19-16(22)21-11-7-18-8-12-21)23(9-5-2)17(25)20(3)15(13)24;3-2(4,5)1(6)7/h18H,5,7-12H2,1-3H3;(H,6,7). The molecule has 2 aromatic rings. The summed E-state index contributed by atoms with van der Waals surface area (Å²) in [6.07, 6.45) is -4.29. The number of hydrogen-bond acceptors (Lipinski definition) is 6. The number of rotatable bonds is 4. The molecule has 0 unspecified atom stereocenters. The fourth-order valence-electron chi connectivity index (χ4n) is 3.18. The van der Waals surface area contributed by atoms with E-state index in [0.717, 1.165) is 37.2 Å². The van der Waals surface area contributed by atoms with Gasteiger partial charge in [-0.05, 0) is 13.3 Å². The first kappa shape index (κ1) is 25.0. The minimum absolute atomic E-state index is 0.320. The van der Waals surface area contributed by atoms with Gasteiger partial charge in [0, 0.05) is 39.8 Å². The highest BCUT2D eigenvalue weighted by Gasteiger charge is 2.38. The molecule has 176 valence electrons. The summed E-state index contributed by atoms with van der Waals surface area (Å²) in [7, 11) is 1.52. The molecule has 10 nitrogen and oxygen atoms in total. The topological polar surface area (TPSA) is 114 Å². The maximum absolute atomic E-state index is 12.8. The van der Waals surface area contributed by atoms with Crippen molar-refractivity contribution in [3.63, 3.8) is 0 Å². The van der Waals surface area contributed by atoms with Gasteiger partial charge in [-0.3, -0.25) is 18.5 Å². The number of nitrogens with zero attached hydrogens (tertiary/aromatic N) is 5. The molecule has 1 fully saturated rings. The summed E-state index contributed by atoms with van der Waals surface area (Å²) < 4.78 is 36.3. The number of aromatic nitrogens is 4. The van der Waals surface area contributed by atoms with Crippen LogP contribution in [-0.2, 0) is 24.9 Å². The zero-order chi connectivity index (χ0) is 24.1. The summed E-state index contributed by atoms with van der Waals surface area (Å²) in [5.41, 5.74) is 0.268. The van der Waals surface area contributed by atoms with Crippen LogP contribution in [0.3, 0.4) is 0 Å². The quantitative estimate of drug-likeness (QED) is 0.637. The molecule has 0 saturated carbocycles. The van der Waals surface area contributed by atoms with Crippen LogP contribution in [0.25, 0.3) is 11.2 Å². The Hall–Kier alpha value is -3.27. The van der Waals surface area contributed by atoms with Crippen LogP contribution in [0.2, 0.25) is 0 Å². The Kier molecular flexibility index (Phi) is 8.09. The zero-order valence-corrected chi connectivity index (χ0v) is 18.0. The van der Waals surface area contributed by atoms with Crippen LogP contribution in [0.5, 0.6) is 0 Å². The van der Waals surface area contributed by atoms with Crippen LogP contribution in [-0.4, -0.2) is 62.1 Å². The second-order valence-corrected chi connectivity index (χ2v) is 6.94. The lowest BCUT2D eigenvalue weighted by Gasteiger charge is -2.28. The van der Waals surface area contributed by atoms with Crippen LogP contribution in [0.15, 0.2) is 9.59 Å². The molecular weight excluding hydrogens is 433 g/mol. The van der Waals surface area contributed by atoms with Gasteiger partial charge in [0.15, 0.2) is 11.2 Å². The van der Waals surface area contributed by atoms with E-state index in [0.29, 0.717) is 30.2 Å². The minimum Gasteiger partial charge on any atom is -0.475 e. The number of anilines is 1. The number of imidazole rings is 1. The lowest BCUT2D eigenvalue weighted by Crippen LogP contribution is -2.44. The van der Waals surface area contributed by atoms with E-state index in [-0.39, 0.29) is 11.2 Å². The van der Waals surface area contributed by atoms with Crippen molar-refractivity contribution in [2.45, 2.75) is 39.5 Å². The summed E-state index contributed by atoms with van der Waals surface area (Å²) in [6, 6.07) is 0. The molecule has 0 amide bonds. The second-order valence-electron chi connectivity index (χ2n) is 6.94. The van der Waals surface area contributed by atoms with E-state index in [1.165, 1.54) is 7.05 Å². The van der Waals surface area contributed by atoms with Gasteiger partial charge in [0.25, 0.3) is 5.56 Å². The van der Waals surface area contributed by atoms with Crippen molar-refractivity contribution >= 4 is 23.1 Å². The Bertz CT molecular complexity index is 1150. The maximum Gasteiger partial charge on any atom is 0.490 e. The van der Waals surface area contributed by atoms with Crippen molar-refractivity contribution in [3.05, 3.63) is 20.8 Å². The minimum atomic E-state index is -5.08. The van der Waals surface area contributed by atoms with Gasteiger partial charge in [-0.1, -0.05) is 12.8 Å². The number of carboxylic acid groups (broad SMARTS) is 1. The predicted octanol–water partition coefficient (Wildman–Crippen LogP) is 0.373. The van der Waals surface area contributed by atoms with E-state index in [2.05, 4.69) is 22.1 Å². The summed E-state index contributed by atoms with van der Waals surface area (Å²) in [5, 5.41) is 10.4. The van der Waals surface area contributed by atoms with Crippen LogP contribution in [0, 0.1) is 11.8 Å². The van der Waals surface area contributed by atoms with Gasteiger partial charge < -0.3 is 15.3 Å². The van der Waals surface area contributed by atoms with Crippen molar-refractivity contribution in [1.82, 2.24) is 24.0 Å². The molecule has 13 heteroatoms. The molecule has 2 aromatic heterocycles. The van der Waals surface area contributed by atoms with Gasteiger partial charge in [-0.15, -0.1) is 5.92 Å². The first-order valence-electron chi connectivity index (χ1n) is 9.90. The van der Waals surface area contributed by atoms with Crippen LogP contribution >= 0.6 is 0 Å². The average molecular weight is 458 g/mol. The van der Waals surface area contributed by atoms with E-state index in [4.69, 9.17) is 14.9 Å². The highest BCUT2D eigenvalue weighted by Crippen LogP contribution is 2.20. The molecule has 0 aromatic carbocycles. The molecular formula is C19H25F3N6O4. The Balaban J connectivity index is 0.000000451. The molecule has 0 spiro atoms. The number of piperazine rings is 1.